The number of hydrogen-bond acceptors (Lipinski definition) is 7. The summed E-state index contributed by atoms with van der Waals surface area (Å²) in [6, 6.07) is 21.8. The van der Waals surface area contributed by atoms with E-state index in [9.17, 15) is 0 Å². The molecule has 0 aliphatic rings. The van der Waals surface area contributed by atoms with Gasteiger partial charge in [0.05, 0.1) is 4.88 Å². The van der Waals surface area contributed by atoms with Crippen molar-refractivity contribution in [1.29, 1.82) is 0 Å². The lowest BCUT2D eigenvalue weighted by atomic mass is 10.1. The maximum atomic E-state index is 5.97. The molecule has 0 saturated carbocycles. The first kappa shape index (κ1) is 19.4. The number of nitrogens with one attached hydrogen (secondary N) is 1. The minimum absolute atomic E-state index is 0.506. The van der Waals surface area contributed by atoms with Crippen LogP contribution in [0.3, 0.4) is 0 Å². The molecule has 33 heavy (non-hydrogen) atoms. The summed E-state index contributed by atoms with van der Waals surface area (Å²) in [5.41, 5.74) is 3.82. The molecule has 160 valence electrons. The fraction of sp³-hybridized carbons (Fsp3) is 0.0400. The highest BCUT2D eigenvalue weighted by molar-refractivity contribution is 7.13. The summed E-state index contributed by atoms with van der Waals surface area (Å²) in [5.74, 6) is 1.90. The third-order valence-corrected chi connectivity index (χ3v) is 6.34. The van der Waals surface area contributed by atoms with Crippen LogP contribution < -0.4 is 10.1 Å². The lowest BCUT2D eigenvalue weighted by molar-refractivity contribution is 0.463. The van der Waals surface area contributed by atoms with Crippen molar-refractivity contribution in [2.24, 2.45) is 0 Å². The fourth-order valence-electron chi connectivity index (χ4n) is 3.71. The zero-order chi connectivity index (χ0) is 22.2. The van der Waals surface area contributed by atoms with Crippen molar-refractivity contribution < 1.29 is 4.74 Å². The molecule has 1 N–H and O–H groups in total. The van der Waals surface area contributed by atoms with Gasteiger partial charge in [0, 0.05) is 22.7 Å². The Morgan fingerprint density at radius 1 is 0.939 bits per heavy atom. The standard InChI is InChI=1S/C25H18N6OS/c1-16-13-22(33-14-16)23-19-5-2-3-6-20(19)24(30-29-23)28-17-8-10-18(11-9-17)32-25-21-7-4-12-31(21)27-15-26-25/h2-15H,1H3,(H,28,30). The Labute approximate surface area is 193 Å². The second-order valence-electron chi connectivity index (χ2n) is 7.59. The van der Waals surface area contributed by atoms with Gasteiger partial charge in [-0.25, -0.2) is 4.52 Å². The number of nitrogens with zero attached hydrogens (tertiary/aromatic N) is 5. The summed E-state index contributed by atoms with van der Waals surface area (Å²) in [4.78, 5) is 5.36. The smallest absolute Gasteiger partial charge is 0.247 e. The first-order chi connectivity index (χ1) is 16.2. The lowest BCUT2D eigenvalue weighted by Gasteiger charge is -2.11. The van der Waals surface area contributed by atoms with Gasteiger partial charge in [-0.2, -0.15) is 10.1 Å². The van der Waals surface area contributed by atoms with Gasteiger partial charge in [-0.1, -0.05) is 24.3 Å². The Hall–Kier alpha value is -4.30. The molecule has 0 unspecified atom stereocenters. The Bertz CT molecular complexity index is 1590. The van der Waals surface area contributed by atoms with Crippen LogP contribution in [0, 0.1) is 6.92 Å². The Kier molecular flexibility index (Phi) is 4.70. The van der Waals surface area contributed by atoms with E-state index in [0.29, 0.717) is 17.4 Å². The minimum Gasteiger partial charge on any atom is -0.437 e. The van der Waals surface area contributed by atoms with Crippen LogP contribution in [0.4, 0.5) is 11.5 Å². The molecule has 6 rings (SSSR count). The Balaban J connectivity index is 1.28. The van der Waals surface area contributed by atoms with Crippen molar-refractivity contribution in [3.8, 4) is 22.2 Å². The van der Waals surface area contributed by atoms with Crippen molar-refractivity contribution in [2.45, 2.75) is 6.92 Å². The molecule has 4 heterocycles. The van der Waals surface area contributed by atoms with Crippen LogP contribution in [0.2, 0.25) is 0 Å². The number of hydrogen-bond donors (Lipinski definition) is 1. The molecule has 6 aromatic rings. The topological polar surface area (TPSA) is 77.2 Å². The summed E-state index contributed by atoms with van der Waals surface area (Å²) in [6.45, 7) is 2.09. The number of aryl methyl sites for hydroxylation is 1. The fourth-order valence-corrected chi connectivity index (χ4v) is 4.61. The van der Waals surface area contributed by atoms with E-state index < -0.39 is 0 Å². The Morgan fingerprint density at radius 3 is 2.61 bits per heavy atom. The van der Waals surface area contributed by atoms with Crippen LogP contribution in [0.25, 0.3) is 26.9 Å². The quantitative estimate of drug-likeness (QED) is 0.335. The summed E-state index contributed by atoms with van der Waals surface area (Å²) in [6.07, 6.45) is 3.33. The van der Waals surface area contributed by atoms with Crippen LogP contribution in [0.15, 0.2) is 84.6 Å². The van der Waals surface area contributed by atoms with Crippen molar-refractivity contribution >= 4 is 39.1 Å². The van der Waals surface area contributed by atoms with Gasteiger partial charge in [0.15, 0.2) is 5.82 Å². The second kappa shape index (κ2) is 7.99. The number of thiophene rings is 1. The highest BCUT2D eigenvalue weighted by Gasteiger charge is 2.13. The molecule has 0 saturated heterocycles. The molecule has 0 radical (unpaired) electrons. The predicted octanol–water partition coefficient (Wildman–Crippen LogP) is 6.25. The van der Waals surface area contributed by atoms with Crippen molar-refractivity contribution in [3.05, 3.63) is 90.2 Å². The van der Waals surface area contributed by atoms with Crippen molar-refractivity contribution in [3.63, 3.8) is 0 Å². The molecule has 0 amide bonds. The average molecular weight is 451 g/mol. The van der Waals surface area contributed by atoms with Crippen molar-refractivity contribution in [1.82, 2.24) is 24.8 Å². The normalized spacial score (nSPS) is 11.2. The van der Waals surface area contributed by atoms with Crippen LogP contribution in [-0.2, 0) is 0 Å². The molecule has 0 atom stereocenters. The van der Waals surface area contributed by atoms with E-state index in [4.69, 9.17) is 4.74 Å². The molecular weight excluding hydrogens is 432 g/mol. The summed E-state index contributed by atoms with van der Waals surface area (Å²) >= 11 is 1.68. The molecule has 0 fully saturated rings. The summed E-state index contributed by atoms with van der Waals surface area (Å²) < 4.78 is 7.69. The highest BCUT2D eigenvalue weighted by atomic mass is 32.1. The van der Waals surface area contributed by atoms with E-state index in [2.05, 4.69) is 56.1 Å². The Morgan fingerprint density at radius 2 is 1.79 bits per heavy atom. The minimum atomic E-state index is 0.506. The molecule has 0 aliphatic carbocycles. The molecule has 2 aromatic carbocycles. The van der Waals surface area contributed by atoms with Gasteiger partial charge in [0.2, 0.25) is 5.88 Å². The van der Waals surface area contributed by atoms with Gasteiger partial charge >= 0.3 is 0 Å². The largest absolute Gasteiger partial charge is 0.437 e. The molecule has 0 aliphatic heterocycles. The number of anilines is 2. The van der Waals surface area contributed by atoms with E-state index in [-0.39, 0.29) is 0 Å². The van der Waals surface area contributed by atoms with Crippen LogP contribution in [0.1, 0.15) is 5.56 Å². The number of fused-ring (bicyclic) bond motifs is 2. The monoisotopic (exact) mass is 450 g/mol. The maximum absolute atomic E-state index is 5.97. The van der Waals surface area contributed by atoms with Gasteiger partial charge in [-0.3, -0.25) is 0 Å². The van der Waals surface area contributed by atoms with E-state index >= 15 is 0 Å². The zero-order valence-electron chi connectivity index (χ0n) is 17.6. The lowest BCUT2D eigenvalue weighted by Crippen LogP contribution is -1.99. The van der Waals surface area contributed by atoms with E-state index in [1.165, 1.54) is 11.9 Å². The second-order valence-corrected chi connectivity index (χ2v) is 8.50. The molecule has 0 bridgehead atoms. The highest BCUT2D eigenvalue weighted by Crippen LogP contribution is 2.34. The summed E-state index contributed by atoms with van der Waals surface area (Å²) in [5, 5.41) is 20.8. The van der Waals surface area contributed by atoms with Crippen LogP contribution in [0.5, 0.6) is 11.6 Å². The van der Waals surface area contributed by atoms with Gasteiger partial charge in [-0.05, 0) is 60.3 Å². The van der Waals surface area contributed by atoms with Gasteiger partial charge in [0.25, 0.3) is 0 Å². The van der Waals surface area contributed by atoms with Gasteiger partial charge < -0.3 is 10.1 Å². The predicted molar refractivity (Wildman–Crippen MR) is 130 cm³/mol. The zero-order valence-corrected chi connectivity index (χ0v) is 18.5. The summed E-state index contributed by atoms with van der Waals surface area (Å²) in [7, 11) is 0. The molecule has 8 heteroatoms. The number of rotatable bonds is 5. The van der Waals surface area contributed by atoms with Crippen LogP contribution >= 0.6 is 11.3 Å². The number of aromatic nitrogens is 5. The van der Waals surface area contributed by atoms with Gasteiger partial charge in [0.1, 0.15) is 23.3 Å². The SMILES string of the molecule is Cc1csc(-c2nnc(Nc3ccc(Oc4ncnn5cccc45)cc3)c3ccccc23)c1. The molecule has 7 nitrogen and oxygen atoms in total. The first-order valence-electron chi connectivity index (χ1n) is 10.4. The molecule has 0 spiro atoms. The maximum Gasteiger partial charge on any atom is 0.247 e. The third-order valence-electron chi connectivity index (χ3n) is 5.28. The van der Waals surface area contributed by atoms with Gasteiger partial charge in [-0.15, -0.1) is 21.5 Å². The average Bonchev–Trinajstić information content (AvgIpc) is 3.50. The van der Waals surface area contributed by atoms with E-state index in [0.717, 1.165) is 32.5 Å². The first-order valence-corrected chi connectivity index (χ1v) is 11.3. The van der Waals surface area contributed by atoms with E-state index in [1.54, 1.807) is 15.9 Å². The van der Waals surface area contributed by atoms with E-state index in [1.807, 2.05) is 54.7 Å². The molecular formula is C25H18N6OS. The number of ether oxygens (including phenoxy) is 1. The number of benzene rings is 2. The molecule has 4 aromatic heterocycles. The van der Waals surface area contributed by atoms with Crippen molar-refractivity contribution in [2.75, 3.05) is 5.32 Å². The third kappa shape index (κ3) is 3.66. The van der Waals surface area contributed by atoms with Crippen LogP contribution in [-0.4, -0.2) is 24.8 Å².